The Morgan fingerprint density at radius 3 is 2.76 bits per heavy atom. The highest BCUT2D eigenvalue weighted by Crippen LogP contribution is 2.16. The summed E-state index contributed by atoms with van der Waals surface area (Å²) in [5, 5.41) is 9.14. The van der Waals surface area contributed by atoms with Crippen LogP contribution in [0.1, 0.15) is 17.7 Å². The number of nitrogens with zero attached hydrogens (tertiary/aromatic N) is 3. The smallest absolute Gasteiger partial charge is 0.128 e. The lowest BCUT2D eigenvalue weighted by atomic mass is 10.2. The number of rotatable bonds is 2. The predicted molar refractivity (Wildman–Crippen MR) is 69.2 cm³/mol. The first-order valence-corrected chi connectivity index (χ1v) is 6.21. The van der Waals surface area contributed by atoms with E-state index in [9.17, 15) is 0 Å². The van der Waals surface area contributed by atoms with Crippen LogP contribution in [0.4, 0.5) is 5.82 Å². The fraction of sp³-hybridized carbons (Fsp3) is 0.615. The van der Waals surface area contributed by atoms with E-state index in [0.717, 1.165) is 43.3 Å². The lowest BCUT2D eigenvalue weighted by molar-refractivity contribution is 0.280. The van der Waals surface area contributed by atoms with E-state index in [1.165, 1.54) is 6.42 Å². The zero-order valence-electron chi connectivity index (χ0n) is 10.7. The molecule has 0 radical (unpaired) electrons. The Bertz CT molecular complexity index is 381. The Hall–Kier alpha value is -1.13. The molecule has 0 spiro atoms. The van der Waals surface area contributed by atoms with E-state index in [1.807, 2.05) is 19.1 Å². The van der Waals surface area contributed by atoms with Crippen molar-refractivity contribution in [2.75, 3.05) is 38.1 Å². The van der Waals surface area contributed by atoms with Crippen molar-refractivity contribution in [3.8, 4) is 0 Å². The molecule has 2 heterocycles. The largest absolute Gasteiger partial charge is 0.392 e. The van der Waals surface area contributed by atoms with Gasteiger partial charge in [0, 0.05) is 25.3 Å². The van der Waals surface area contributed by atoms with Crippen molar-refractivity contribution >= 4 is 5.82 Å². The second-order valence-corrected chi connectivity index (χ2v) is 4.72. The van der Waals surface area contributed by atoms with Gasteiger partial charge in [0.1, 0.15) is 5.82 Å². The zero-order chi connectivity index (χ0) is 12.3. The summed E-state index contributed by atoms with van der Waals surface area (Å²) in [6.07, 6.45) is 1.18. The Labute approximate surface area is 103 Å². The topological polar surface area (TPSA) is 39.6 Å². The van der Waals surface area contributed by atoms with E-state index < -0.39 is 0 Å². The van der Waals surface area contributed by atoms with Gasteiger partial charge in [0.2, 0.25) is 0 Å². The van der Waals surface area contributed by atoms with Crippen LogP contribution in [0.3, 0.4) is 0 Å². The van der Waals surface area contributed by atoms with Gasteiger partial charge >= 0.3 is 0 Å². The van der Waals surface area contributed by atoms with Crippen molar-refractivity contribution in [2.24, 2.45) is 0 Å². The third-order valence-corrected chi connectivity index (χ3v) is 3.39. The minimum absolute atomic E-state index is 0.0713. The molecule has 2 rings (SSSR count). The van der Waals surface area contributed by atoms with Gasteiger partial charge in [-0.25, -0.2) is 4.98 Å². The van der Waals surface area contributed by atoms with Gasteiger partial charge in [-0.05, 0) is 38.6 Å². The average Bonchev–Trinajstić information content (AvgIpc) is 2.54. The Morgan fingerprint density at radius 2 is 2.06 bits per heavy atom. The SMILES string of the molecule is Cc1nc(N2CCCN(C)CC2)ccc1CO. The van der Waals surface area contributed by atoms with E-state index in [0.29, 0.717) is 0 Å². The number of aliphatic hydroxyl groups excluding tert-OH is 1. The molecule has 1 aliphatic heterocycles. The van der Waals surface area contributed by atoms with Crippen molar-refractivity contribution in [2.45, 2.75) is 20.0 Å². The molecule has 4 nitrogen and oxygen atoms in total. The highest BCUT2D eigenvalue weighted by atomic mass is 16.3. The van der Waals surface area contributed by atoms with E-state index in [-0.39, 0.29) is 6.61 Å². The highest BCUT2D eigenvalue weighted by molar-refractivity contribution is 5.41. The molecule has 1 N–H and O–H groups in total. The van der Waals surface area contributed by atoms with Gasteiger partial charge in [0.15, 0.2) is 0 Å². The van der Waals surface area contributed by atoms with Crippen molar-refractivity contribution in [3.05, 3.63) is 23.4 Å². The maximum absolute atomic E-state index is 9.14. The number of aryl methyl sites for hydroxylation is 1. The van der Waals surface area contributed by atoms with Crippen LogP contribution in [0, 0.1) is 6.92 Å². The van der Waals surface area contributed by atoms with Crippen LogP contribution in [0.15, 0.2) is 12.1 Å². The van der Waals surface area contributed by atoms with Gasteiger partial charge in [-0.1, -0.05) is 6.07 Å². The molecule has 1 aromatic heterocycles. The lowest BCUT2D eigenvalue weighted by Crippen LogP contribution is -2.29. The summed E-state index contributed by atoms with van der Waals surface area (Å²) in [5.74, 6) is 1.04. The fourth-order valence-corrected chi connectivity index (χ4v) is 2.20. The number of aliphatic hydroxyl groups is 1. The molecule has 0 atom stereocenters. The molecule has 1 aromatic rings. The number of likely N-dealkylation sites (N-methyl/N-ethyl adjacent to an activating group) is 1. The van der Waals surface area contributed by atoms with Crippen LogP contribution in [0.5, 0.6) is 0 Å². The van der Waals surface area contributed by atoms with Gasteiger partial charge in [0.05, 0.1) is 6.61 Å². The van der Waals surface area contributed by atoms with E-state index in [2.05, 4.69) is 21.8 Å². The number of pyridine rings is 1. The lowest BCUT2D eigenvalue weighted by Gasteiger charge is -2.22. The van der Waals surface area contributed by atoms with Crippen molar-refractivity contribution < 1.29 is 5.11 Å². The van der Waals surface area contributed by atoms with Crippen LogP contribution in [-0.4, -0.2) is 48.2 Å². The van der Waals surface area contributed by atoms with E-state index >= 15 is 0 Å². The molecule has 1 aliphatic rings. The fourth-order valence-electron chi connectivity index (χ4n) is 2.20. The Balaban J connectivity index is 2.13. The molecular weight excluding hydrogens is 214 g/mol. The molecule has 1 fully saturated rings. The summed E-state index contributed by atoms with van der Waals surface area (Å²) in [7, 11) is 2.16. The summed E-state index contributed by atoms with van der Waals surface area (Å²) in [6, 6.07) is 4.00. The van der Waals surface area contributed by atoms with E-state index in [4.69, 9.17) is 5.11 Å². The second-order valence-electron chi connectivity index (χ2n) is 4.72. The van der Waals surface area contributed by atoms with Crippen LogP contribution in [0.25, 0.3) is 0 Å². The maximum Gasteiger partial charge on any atom is 0.128 e. The monoisotopic (exact) mass is 235 g/mol. The molecule has 0 amide bonds. The second kappa shape index (κ2) is 5.47. The van der Waals surface area contributed by atoms with Crippen molar-refractivity contribution in [3.63, 3.8) is 0 Å². The molecule has 94 valence electrons. The molecule has 4 heteroatoms. The van der Waals surface area contributed by atoms with Gasteiger partial charge in [-0.2, -0.15) is 0 Å². The molecule has 0 saturated carbocycles. The van der Waals surface area contributed by atoms with Crippen LogP contribution >= 0.6 is 0 Å². The number of hydrogen-bond acceptors (Lipinski definition) is 4. The maximum atomic E-state index is 9.14. The molecule has 0 bridgehead atoms. The van der Waals surface area contributed by atoms with Gasteiger partial charge in [-0.3, -0.25) is 0 Å². The number of anilines is 1. The Morgan fingerprint density at radius 1 is 1.24 bits per heavy atom. The third kappa shape index (κ3) is 2.96. The molecule has 17 heavy (non-hydrogen) atoms. The van der Waals surface area contributed by atoms with Crippen molar-refractivity contribution in [1.82, 2.24) is 9.88 Å². The molecular formula is C13H21N3O. The number of hydrogen-bond donors (Lipinski definition) is 1. The predicted octanol–water partition coefficient (Wildman–Crippen LogP) is 1.02. The normalized spacial score (nSPS) is 18.2. The number of aromatic nitrogens is 1. The van der Waals surface area contributed by atoms with Crippen molar-refractivity contribution in [1.29, 1.82) is 0 Å². The Kier molecular flexibility index (Phi) is 3.97. The average molecular weight is 235 g/mol. The van der Waals surface area contributed by atoms with Crippen LogP contribution < -0.4 is 4.90 Å². The summed E-state index contributed by atoms with van der Waals surface area (Å²) < 4.78 is 0. The molecule has 0 unspecified atom stereocenters. The third-order valence-electron chi connectivity index (χ3n) is 3.39. The minimum Gasteiger partial charge on any atom is -0.392 e. The first kappa shape index (κ1) is 12.3. The summed E-state index contributed by atoms with van der Waals surface area (Å²) in [5.41, 5.74) is 1.85. The summed E-state index contributed by atoms with van der Waals surface area (Å²) in [6.45, 7) is 6.37. The molecule has 0 aliphatic carbocycles. The molecule has 0 aromatic carbocycles. The van der Waals surface area contributed by atoms with Gasteiger partial charge in [-0.15, -0.1) is 0 Å². The standard InChI is InChI=1S/C13H21N3O/c1-11-12(10-17)4-5-13(14-11)16-7-3-6-15(2)8-9-16/h4-5,17H,3,6-10H2,1-2H3. The van der Waals surface area contributed by atoms with Crippen LogP contribution in [-0.2, 0) is 6.61 Å². The van der Waals surface area contributed by atoms with Gasteiger partial charge in [0.25, 0.3) is 0 Å². The minimum atomic E-state index is 0.0713. The quantitative estimate of drug-likeness (QED) is 0.831. The molecule has 1 saturated heterocycles. The first-order valence-electron chi connectivity index (χ1n) is 6.21. The van der Waals surface area contributed by atoms with Crippen LogP contribution in [0.2, 0.25) is 0 Å². The van der Waals surface area contributed by atoms with Gasteiger partial charge < -0.3 is 14.9 Å². The zero-order valence-corrected chi connectivity index (χ0v) is 10.7. The highest BCUT2D eigenvalue weighted by Gasteiger charge is 2.14. The summed E-state index contributed by atoms with van der Waals surface area (Å²) in [4.78, 5) is 9.27. The summed E-state index contributed by atoms with van der Waals surface area (Å²) >= 11 is 0. The first-order chi connectivity index (χ1) is 8.20. The van der Waals surface area contributed by atoms with E-state index in [1.54, 1.807) is 0 Å².